The summed E-state index contributed by atoms with van der Waals surface area (Å²) in [4.78, 5) is 27.5. The first-order valence-electron chi connectivity index (χ1n) is 10.3. The fraction of sp³-hybridized carbons (Fsp3) is 0.636. The molecule has 140 valence electrons. The highest BCUT2D eigenvalue weighted by Crippen LogP contribution is 2.41. The van der Waals surface area contributed by atoms with Crippen LogP contribution < -0.4 is 5.32 Å². The molecular formula is C22H30N2O2. The molecule has 3 fully saturated rings. The van der Waals surface area contributed by atoms with Crippen molar-refractivity contribution in [3.8, 4) is 0 Å². The van der Waals surface area contributed by atoms with Crippen molar-refractivity contribution in [2.24, 2.45) is 11.8 Å². The summed E-state index contributed by atoms with van der Waals surface area (Å²) >= 11 is 0. The zero-order valence-electron chi connectivity index (χ0n) is 15.6. The third-order valence-corrected chi connectivity index (χ3v) is 6.53. The van der Waals surface area contributed by atoms with Crippen molar-refractivity contribution < 1.29 is 9.59 Å². The summed E-state index contributed by atoms with van der Waals surface area (Å²) in [5.41, 5.74) is 0.590. The van der Waals surface area contributed by atoms with Gasteiger partial charge in [0.15, 0.2) is 0 Å². The quantitative estimate of drug-likeness (QED) is 0.875. The minimum atomic E-state index is -0.138. The number of likely N-dealkylation sites (tertiary alicyclic amines) is 1. The van der Waals surface area contributed by atoms with Gasteiger partial charge >= 0.3 is 0 Å². The molecule has 2 amide bonds. The van der Waals surface area contributed by atoms with E-state index in [4.69, 9.17) is 0 Å². The molecule has 4 heteroatoms. The zero-order chi connectivity index (χ0) is 18.0. The first-order chi connectivity index (χ1) is 12.7. The van der Waals surface area contributed by atoms with Gasteiger partial charge in [-0.1, -0.05) is 43.9 Å². The average molecular weight is 354 g/mol. The molecule has 1 N–H and O–H groups in total. The number of carbonyl (C=O) groups excluding carboxylic acids is 2. The summed E-state index contributed by atoms with van der Waals surface area (Å²) in [7, 11) is 0. The number of carbonyl (C=O) groups is 2. The van der Waals surface area contributed by atoms with Gasteiger partial charge in [-0.25, -0.2) is 0 Å². The maximum atomic E-state index is 12.8. The highest BCUT2D eigenvalue weighted by Gasteiger charge is 2.42. The van der Waals surface area contributed by atoms with Crippen LogP contribution in [-0.4, -0.2) is 35.3 Å². The van der Waals surface area contributed by atoms with Gasteiger partial charge in [-0.05, 0) is 50.2 Å². The van der Waals surface area contributed by atoms with E-state index in [1.165, 1.54) is 25.7 Å². The first kappa shape index (κ1) is 17.6. The molecule has 2 aliphatic carbocycles. The highest BCUT2D eigenvalue weighted by atomic mass is 16.2. The van der Waals surface area contributed by atoms with Crippen LogP contribution in [0.3, 0.4) is 0 Å². The number of benzene rings is 1. The second kappa shape index (κ2) is 7.42. The summed E-state index contributed by atoms with van der Waals surface area (Å²) in [6.07, 6.45) is 9.94. The van der Waals surface area contributed by atoms with E-state index in [9.17, 15) is 9.59 Å². The lowest BCUT2D eigenvalue weighted by Crippen LogP contribution is -2.57. The maximum Gasteiger partial charge on any atom is 0.251 e. The third-order valence-electron chi connectivity index (χ3n) is 6.53. The maximum absolute atomic E-state index is 12.8. The molecule has 1 aromatic carbocycles. The molecule has 0 spiro atoms. The van der Waals surface area contributed by atoms with Crippen molar-refractivity contribution in [1.82, 2.24) is 10.2 Å². The van der Waals surface area contributed by atoms with Crippen LogP contribution in [0.1, 0.15) is 68.1 Å². The topological polar surface area (TPSA) is 49.4 Å². The molecule has 1 heterocycles. The van der Waals surface area contributed by atoms with Crippen LogP contribution in [0, 0.1) is 11.8 Å². The number of hydrogen-bond donors (Lipinski definition) is 1. The second-order valence-electron chi connectivity index (χ2n) is 8.55. The fourth-order valence-corrected chi connectivity index (χ4v) is 4.74. The minimum absolute atomic E-state index is 0.0295. The monoisotopic (exact) mass is 354 g/mol. The Kier molecular flexibility index (Phi) is 5.01. The lowest BCUT2D eigenvalue weighted by Gasteiger charge is -2.43. The molecule has 0 radical (unpaired) electrons. The number of piperidine rings is 1. The standard InChI is InChI=1S/C22H30N2O2/c25-20(18-6-2-1-3-7-18)23-22(16-17-10-11-17)12-14-24(15-13-22)21(26)19-8-4-5-9-19/h1-3,6-7,17,19H,4-5,8-16H2,(H,23,25). The van der Waals surface area contributed by atoms with Crippen molar-refractivity contribution in [2.45, 2.75) is 63.3 Å². The van der Waals surface area contributed by atoms with Gasteiger partial charge < -0.3 is 10.2 Å². The van der Waals surface area contributed by atoms with Crippen LogP contribution in [0.2, 0.25) is 0 Å². The van der Waals surface area contributed by atoms with E-state index in [2.05, 4.69) is 10.2 Å². The Morgan fingerprint density at radius 3 is 2.27 bits per heavy atom. The zero-order valence-corrected chi connectivity index (χ0v) is 15.6. The average Bonchev–Trinajstić information content (AvgIpc) is 3.30. The molecule has 1 aliphatic heterocycles. The number of amides is 2. The third kappa shape index (κ3) is 3.94. The SMILES string of the molecule is O=C(NC1(CC2CC2)CCN(C(=O)C2CCCC2)CC1)c1ccccc1. The Balaban J connectivity index is 1.41. The van der Waals surface area contributed by atoms with E-state index in [0.29, 0.717) is 5.91 Å². The van der Waals surface area contributed by atoms with Gasteiger partial charge in [0.2, 0.25) is 5.91 Å². The molecule has 4 rings (SSSR count). The Bertz CT molecular complexity index is 639. The molecule has 1 aromatic rings. The van der Waals surface area contributed by atoms with Crippen molar-refractivity contribution in [1.29, 1.82) is 0 Å². The van der Waals surface area contributed by atoms with Crippen LogP contribution in [-0.2, 0) is 4.79 Å². The molecule has 26 heavy (non-hydrogen) atoms. The van der Waals surface area contributed by atoms with Crippen molar-refractivity contribution in [2.75, 3.05) is 13.1 Å². The second-order valence-corrected chi connectivity index (χ2v) is 8.55. The highest BCUT2D eigenvalue weighted by molar-refractivity contribution is 5.94. The largest absolute Gasteiger partial charge is 0.346 e. The summed E-state index contributed by atoms with van der Waals surface area (Å²) in [6, 6.07) is 9.50. The fourth-order valence-electron chi connectivity index (χ4n) is 4.74. The number of nitrogens with zero attached hydrogens (tertiary/aromatic N) is 1. The van der Waals surface area contributed by atoms with E-state index in [1.54, 1.807) is 0 Å². The van der Waals surface area contributed by atoms with E-state index in [0.717, 1.165) is 56.7 Å². The Hall–Kier alpha value is -1.84. The predicted octanol–water partition coefficient (Wildman–Crippen LogP) is 3.77. The van der Waals surface area contributed by atoms with Crippen LogP contribution in [0.4, 0.5) is 0 Å². The Labute approximate surface area is 156 Å². The van der Waals surface area contributed by atoms with Gasteiger partial charge in [-0.2, -0.15) is 0 Å². The van der Waals surface area contributed by atoms with E-state index in [-0.39, 0.29) is 17.4 Å². The Morgan fingerprint density at radius 2 is 1.65 bits per heavy atom. The van der Waals surface area contributed by atoms with Gasteiger partial charge in [-0.15, -0.1) is 0 Å². The van der Waals surface area contributed by atoms with E-state index in [1.807, 2.05) is 30.3 Å². The predicted molar refractivity (Wildman–Crippen MR) is 102 cm³/mol. The molecule has 0 unspecified atom stereocenters. The number of hydrogen-bond acceptors (Lipinski definition) is 2. The van der Waals surface area contributed by atoms with Crippen molar-refractivity contribution >= 4 is 11.8 Å². The lowest BCUT2D eigenvalue weighted by atomic mass is 9.82. The summed E-state index contributed by atoms with van der Waals surface area (Å²) < 4.78 is 0. The van der Waals surface area contributed by atoms with Gasteiger partial charge in [-0.3, -0.25) is 9.59 Å². The van der Waals surface area contributed by atoms with Crippen LogP contribution in [0.25, 0.3) is 0 Å². The minimum Gasteiger partial charge on any atom is -0.346 e. The smallest absolute Gasteiger partial charge is 0.251 e. The van der Waals surface area contributed by atoms with E-state index >= 15 is 0 Å². The summed E-state index contributed by atoms with van der Waals surface area (Å²) in [5, 5.41) is 3.37. The molecule has 0 bridgehead atoms. The van der Waals surface area contributed by atoms with Crippen molar-refractivity contribution in [3.05, 3.63) is 35.9 Å². The Morgan fingerprint density at radius 1 is 1.00 bits per heavy atom. The van der Waals surface area contributed by atoms with E-state index < -0.39 is 0 Å². The summed E-state index contributed by atoms with van der Waals surface area (Å²) in [5.74, 6) is 1.40. The van der Waals surface area contributed by atoms with Crippen molar-refractivity contribution in [3.63, 3.8) is 0 Å². The molecule has 0 aromatic heterocycles. The van der Waals surface area contributed by atoms with Crippen LogP contribution >= 0.6 is 0 Å². The normalized spacial score (nSPS) is 23.0. The molecule has 1 saturated heterocycles. The number of rotatable bonds is 5. The van der Waals surface area contributed by atoms with Gasteiger partial charge in [0, 0.05) is 30.1 Å². The molecular weight excluding hydrogens is 324 g/mol. The van der Waals surface area contributed by atoms with Gasteiger partial charge in [0.05, 0.1) is 0 Å². The molecule has 3 aliphatic rings. The first-order valence-corrected chi connectivity index (χ1v) is 10.3. The lowest BCUT2D eigenvalue weighted by molar-refractivity contribution is -0.137. The molecule has 4 nitrogen and oxygen atoms in total. The molecule has 0 atom stereocenters. The van der Waals surface area contributed by atoms with Gasteiger partial charge in [0.25, 0.3) is 5.91 Å². The van der Waals surface area contributed by atoms with Crippen LogP contribution in [0.5, 0.6) is 0 Å². The van der Waals surface area contributed by atoms with Gasteiger partial charge in [0.1, 0.15) is 0 Å². The van der Waals surface area contributed by atoms with Crippen LogP contribution in [0.15, 0.2) is 30.3 Å². The molecule has 2 saturated carbocycles. The summed E-state index contributed by atoms with van der Waals surface area (Å²) in [6.45, 7) is 1.58. The number of nitrogens with one attached hydrogen (secondary N) is 1.